The van der Waals surface area contributed by atoms with Crippen LogP contribution < -0.4 is 5.32 Å². The highest BCUT2D eigenvalue weighted by atomic mass is 79.9. The molecule has 1 N–H and O–H groups in total. The Morgan fingerprint density at radius 2 is 1.88 bits per heavy atom. The largest absolute Gasteiger partial charge is 0.378 e. The molecule has 0 saturated heterocycles. The Balaban J connectivity index is 2.17. The van der Waals surface area contributed by atoms with Crippen LogP contribution in [0.1, 0.15) is 18.5 Å². The fourth-order valence-corrected chi connectivity index (χ4v) is 2.36. The predicted octanol–water partition coefficient (Wildman–Crippen LogP) is 4.76. The minimum atomic E-state index is -0.227. The minimum Gasteiger partial charge on any atom is -0.378 e. The molecule has 0 aliphatic heterocycles. The van der Waals surface area contributed by atoms with Gasteiger partial charge in [-0.05, 0) is 36.8 Å². The third kappa shape index (κ3) is 3.07. The third-order valence-corrected chi connectivity index (χ3v) is 3.30. The normalized spacial score (nSPS) is 12.2. The maximum atomic E-state index is 13.1. The summed E-state index contributed by atoms with van der Waals surface area (Å²) in [4.78, 5) is 0. The van der Waals surface area contributed by atoms with Gasteiger partial charge in [-0.25, -0.2) is 4.39 Å². The smallest absolute Gasteiger partial charge is 0.125 e. The van der Waals surface area contributed by atoms with Crippen molar-refractivity contribution in [3.63, 3.8) is 0 Å². The molecule has 0 amide bonds. The van der Waals surface area contributed by atoms with Crippen LogP contribution in [0.5, 0.6) is 0 Å². The van der Waals surface area contributed by atoms with Gasteiger partial charge < -0.3 is 5.32 Å². The topological polar surface area (TPSA) is 12.0 Å². The molecule has 88 valence electrons. The van der Waals surface area contributed by atoms with Crippen molar-refractivity contribution in [2.75, 3.05) is 5.32 Å². The van der Waals surface area contributed by atoms with Gasteiger partial charge in [0.25, 0.3) is 0 Å². The Morgan fingerprint density at radius 1 is 1.12 bits per heavy atom. The van der Waals surface area contributed by atoms with E-state index >= 15 is 0 Å². The molecule has 0 heterocycles. The molecule has 0 aromatic heterocycles. The Hall–Kier alpha value is -1.35. The van der Waals surface area contributed by atoms with Crippen LogP contribution in [-0.4, -0.2) is 0 Å². The Kier molecular flexibility index (Phi) is 3.79. The van der Waals surface area contributed by atoms with E-state index in [2.05, 4.69) is 21.2 Å². The monoisotopic (exact) mass is 293 g/mol. The van der Waals surface area contributed by atoms with Crippen molar-refractivity contribution in [1.29, 1.82) is 0 Å². The lowest BCUT2D eigenvalue weighted by atomic mass is 10.1. The Morgan fingerprint density at radius 3 is 2.59 bits per heavy atom. The zero-order valence-corrected chi connectivity index (χ0v) is 11.0. The summed E-state index contributed by atoms with van der Waals surface area (Å²) >= 11 is 3.51. The van der Waals surface area contributed by atoms with Gasteiger partial charge in [-0.1, -0.05) is 40.2 Å². The van der Waals surface area contributed by atoms with Gasteiger partial charge in [0.05, 0.1) is 0 Å². The van der Waals surface area contributed by atoms with E-state index in [4.69, 9.17) is 0 Å². The van der Waals surface area contributed by atoms with Gasteiger partial charge in [0.15, 0.2) is 0 Å². The number of benzene rings is 2. The van der Waals surface area contributed by atoms with E-state index < -0.39 is 0 Å². The second-order valence-corrected chi connectivity index (χ2v) is 4.75. The summed E-state index contributed by atoms with van der Waals surface area (Å²) in [6.45, 7) is 2.05. The quantitative estimate of drug-likeness (QED) is 0.860. The van der Waals surface area contributed by atoms with E-state index in [-0.39, 0.29) is 11.9 Å². The molecule has 3 heteroatoms. The molecule has 1 unspecified atom stereocenters. The van der Waals surface area contributed by atoms with Crippen LogP contribution in [0.3, 0.4) is 0 Å². The van der Waals surface area contributed by atoms with Crippen molar-refractivity contribution in [1.82, 2.24) is 0 Å². The van der Waals surface area contributed by atoms with Crippen LogP contribution >= 0.6 is 15.9 Å². The molecule has 2 aromatic carbocycles. The van der Waals surface area contributed by atoms with Crippen molar-refractivity contribution in [3.05, 3.63) is 64.4 Å². The van der Waals surface area contributed by atoms with Crippen LogP contribution in [-0.2, 0) is 0 Å². The number of hydrogen-bond acceptors (Lipinski definition) is 1. The lowest BCUT2D eigenvalue weighted by Crippen LogP contribution is -2.07. The molecule has 0 bridgehead atoms. The van der Waals surface area contributed by atoms with E-state index in [9.17, 15) is 4.39 Å². The maximum Gasteiger partial charge on any atom is 0.125 e. The van der Waals surface area contributed by atoms with E-state index in [0.717, 1.165) is 15.7 Å². The summed E-state index contributed by atoms with van der Waals surface area (Å²) in [5, 5.41) is 3.27. The second-order valence-electron chi connectivity index (χ2n) is 3.90. The van der Waals surface area contributed by atoms with Crippen LogP contribution in [0.25, 0.3) is 0 Å². The van der Waals surface area contributed by atoms with Gasteiger partial charge >= 0.3 is 0 Å². The fraction of sp³-hybridized carbons (Fsp3) is 0.143. The molecule has 0 fully saturated rings. The Labute approximate surface area is 109 Å². The number of nitrogens with one attached hydrogen (secondary N) is 1. The molecule has 0 spiro atoms. The average molecular weight is 294 g/mol. The average Bonchev–Trinajstić information content (AvgIpc) is 2.29. The van der Waals surface area contributed by atoms with E-state index in [1.807, 2.05) is 37.3 Å². The maximum absolute atomic E-state index is 13.1. The molecule has 0 saturated carbocycles. The number of rotatable bonds is 3. The summed E-state index contributed by atoms with van der Waals surface area (Å²) in [6.07, 6.45) is 0. The fourth-order valence-electron chi connectivity index (χ4n) is 1.73. The standard InChI is InChI=1S/C14H13BrFN/c1-10(13-7-2-3-8-14(13)15)17-12-6-4-5-11(16)9-12/h2-10,17H,1H3. The molecular formula is C14H13BrFN. The highest BCUT2D eigenvalue weighted by Crippen LogP contribution is 2.26. The highest BCUT2D eigenvalue weighted by molar-refractivity contribution is 9.10. The predicted molar refractivity (Wildman–Crippen MR) is 72.6 cm³/mol. The molecule has 2 rings (SSSR count). The first-order valence-electron chi connectivity index (χ1n) is 5.43. The number of hydrogen-bond donors (Lipinski definition) is 1. The van der Waals surface area contributed by atoms with E-state index in [1.54, 1.807) is 6.07 Å². The van der Waals surface area contributed by atoms with Crippen LogP contribution in [0.15, 0.2) is 53.0 Å². The SMILES string of the molecule is CC(Nc1cccc(F)c1)c1ccccc1Br. The molecular weight excluding hydrogens is 281 g/mol. The zero-order valence-electron chi connectivity index (χ0n) is 9.45. The van der Waals surface area contributed by atoms with E-state index in [0.29, 0.717) is 0 Å². The van der Waals surface area contributed by atoms with Gasteiger partial charge in [-0.15, -0.1) is 0 Å². The van der Waals surface area contributed by atoms with Gasteiger partial charge in [0.1, 0.15) is 5.82 Å². The Bertz CT molecular complexity index is 513. The van der Waals surface area contributed by atoms with Gasteiger partial charge in [0.2, 0.25) is 0 Å². The molecule has 1 atom stereocenters. The van der Waals surface area contributed by atoms with Crippen molar-refractivity contribution >= 4 is 21.6 Å². The zero-order chi connectivity index (χ0) is 12.3. The first-order chi connectivity index (χ1) is 8.16. The van der Waals surface area contributed by atoms with Crippen LogP contribution in [0.2, 0.25) is 0 Å². The summed E-state index contributed by atoms with van der Waals surface area (Å²) in [5.74, 6) is -0.227. The van der Waals surface area contributed by atoms with Crippen molar-refractivity contribution in [2.45, 2.75) is 13.0 Å². The molecule has 17 heavy (non-hydrogen) atoms. The molecule has 0 aliphatic rings. The van der Waals surface area contributed by atoms with Crippen LogP contribution in [0, 0.1) is 5.82 Å². The van der Waals surface area contributed by atoms with Crippen molar-refractivity contribution < 1.29 is 4.39 Å². The minimum absolute atomic E-state index is 0.118. The van der Waals surface area contributed by atoms with Gasteiger partial charge in [0, 0.05) is 16.2 Å². The summed E-state index contributed by atoms with van der Waals surface area (Å²) in [5.41, 5.74) is 1.94. The molecule has 1 nitrogen and oxygen atoms in total. The van der Waals surface area contributed by atoms with E-state index in [1.165, 1.54) is 12.1 Å². The first-order valence-corrected chi connectivity index (χ1v) is 6.22. The second kappa shape index (κ2) is 5.32. The molecule has 0 radical (unpaired) electrons. The van der Waals surface area contributed by atoms with Crippen LogP contribution in [0.4, 0.5) is 10.1 Å². The van der Waals surface area contributed by atoms with Crippen molar-refractivity contribution in [3.8, 4) is 0 Å². The molecule has 0 aliphatic carbocycles. The highest BCUT2D eigenvalue weighted by Gasteiger charge is 2.08. The number of halogens is 2. The molecule has 2 aromatic rings. The van der Waals surface area contributed by atoms with Gasteiger partial charge in [-0.3, -0.25) is 0 Å². The first kappa shape index (κ1) is 12.1. The van der Waals surface area contributed by atoms with Crippen molar-refractivity contribution in [2.24, 2.45) is 0 Å². The summed E-state index contributed by atoms with van der Waals surface area (Å²) in [6, 6.07) is 14.6. The lowest BCUT2D eigenvalue weighted by molar-refractivity contribution is 0.628. The number of anilines is 1. The lowest BCUT2D eigenvalue weighted by Gasteiger charge is -2.17. The summed E-state index contributed by atoms with van der Waals surface area (Å²) < 4.78 is 14.1. The van der Waals surface area contributed by atoms with Gasteiger partial charge in [-0.2, -0.15) is 0 Å². The third-order valence-electron chi connectivity index (χ3n) is 2.58. The summed E-state index contributed by atoms with van der Waals surface area (Å²) in [7, 11) is 0.